The number of benzene rings is 3. The number of esters is 1. The van der Waals surface area contributed by atoms with Crippen molar-refractivity contribution >= 4 is 23.6 Å². The van der Waals surface area contributed by atoms with E-state index in [1.54, 1.807) is 48.5 Å². The van der Waals surface area contributed by atoms with Crippen LogP contribution in [0.3, 0.4) is 0 Å². The van der Waals surface area contributed by atoms with Crippen molar-refractivity contribution in [2.75, 3.05) is 0 Å². The van der Waals surface area contributed by atoms with Crippen LogP contribution in [0.2, 0.25) is 0 Å². The lowest BCUT2D eigenvalue weighted by Gasteiger charge is -2.28. The minimum absolute atomic E-state index is 0.374. The number of azo groups is 1. The van der Waals surface area contributed by atoms with E-state index in [0.717, 1.165) is 12.2 Å². The molecule has 0 aliphatic heterocycles. The van der Waals surface area contributed by atoms with Gasteiger partial charge in [0, 0.05) is 5.56 Å². The molecular weight excluding hydrogens is 412 g/mol. The average molecular weight is 441 g/mol. The van der Waals surface area contributed by atoms with Crippen LogP contribution >= 0.6 is 0 Å². The highest BCUT2D eigenvalue weighted by Gasteiger charge is 2.21. The van der Waals surface area contributed by atoms with Gasteiger partial charge in [-0.05, 0) is 104 Å². The quantitative estimate of drug-likeness (QED) is 0.163. The zero-order valence-electron chi connectivity index (χ0n) is 18.8. The van der Waals surface area contributed by atoms with Crippen LogP contribution in [0, 0.1) is 5.92 Å². The van der Waals surface area contributed by atoms with Gasteiger partial charge in [-0.3, -0.25) is 4.79 Å². The number of ether oxygens (including phenoxy) is 1. The summed E-state index contributed by atoms with van der Waals surface area (Å²) in [6.45, 7) is 2.28. The lowest BCUT2D eigenvalue weighted by molar-refractivity contribution is 0.0734. The summed E-state index contributed by atoms with van der Waals surface area (Å²) < 4.78 is 5.51. The second-order valence-electron chi connectivity index (χ2n) is 8.54. The second kappa shape index (κ2) is 10.8. The number of carbonyl (C=O) groups excluding carboxylic acids is 2. The molecule has 4 rings (SSSR count). The Labute approximate surface area is 194 Å². The van der Waals surface area contributed by atoms with Crippen molar-refractivity contribution < 1.29 is 14.3 Å². The first kappa shape index (κ1) is 22.6. The maximum absolute atomic E-state index is 12.5. The van der Waals surface area contributed by atoms with Crippen molar-refractivity contribution in [3.8, 4) is 5.75 Å². The number of carbonyl (C=O) groups is 2. The van der Waals surface area contributed by atoms with Gasteiger partial charge < -0.3 is 4.74 Å². The zero-order chi connectivity index (χ0) is 23.0. The molecule has 0 heterocycles. The Bertz CT molecular complexity index is 1100. The summed E-state index contributed by atoms with van der Waals surface area (Å²) in [5.41, 5.74) is 3.74. The molecule has 1 fully saturated rings. The summed E-state index contributed by atoms with van der Waals surface area (Å²) in [4.78, 5) is 23.2. The minimum atomic E-state index is -0.374. The second-order valence-corrected chi connectivity index (χ2v) is 8.54. The van der Waals surface area contributed by atoms with Crippen molar-refractivity contribution in [2.24, 2.45) is 16.1 Å². The molecule has 0 radical (unpaired) electrons. The molecule has 1 saturated carbocycles. The molecule has 168 valence electrons. The van der Waals surface area contributed by atoms with Crippen molar-refractivity contribution in [3.63, 3.8) is 0 Å². The normalized spacial score (nSPS) is 18.2. The molecule has 0 spiro atoms. The number of aldehydes is 1. The molecular formula is C28H28N2O3. The maximum atomic E-state index is 12.5. The Morgan fingerprint density at radius 1 is 0.848 bits per heavy atom. The monoisotopic (exact) mass is 440 g/mol. The van der Waals surface area contributed by atoms with Gasteiger partial charge in [0.1, 0.15) is 12.0 Å². The molecule has 0 saturated heterocycles. The molecule has 3 aromatic carbocycles. The first-order valence-corrected chi connectivity index (χ1v) is 11.5. The van der Waals surface area contributed by atoms with E-state index in [1.807, 2.05) is 12.1 Å². The van der Waals surface area contributed by atoms with Crippen LogP contribution in [0.5, 0.6) is 5.75 Å². The standard InChI is InChI=1S/C28H28N2O3/c1-2-20-3-7-22(8-4-20)23-9-11-24(12-10-23)28(32)33-27-17-15-26(16-18-27)30-29-25-13-5-21(19-31)6-14-25/h5-6,9-20,22H,2-4,7-8H2,1H3. The SMILES string of the molecule is CCC1CCC(c2ccc(C(=O)Oc3ccc(N=Nc4ccc(C=O)cc4)cc3)cc2)CC1. The molecule has 3 aromatic rings. The highest BCUT2D eigenvalue weighted by atomic mass is 16.5. The first-order valence-electron chi connectivity index (χ1n) is 11.5. The fourth-order valence-corrected chi connectivity index (χ4v) is 4.28. The van der Waals surface area contributed by atoms with Gasteiger partial charge in [0.05, 0.1) is 16.9 Å². The van der Waals surface area contributed by atoms with Crippen LogP contribution in [0.1, 0.15) is 71.2 Å². The van der Waals surface area contributed by atoms with E-state index < -0.39 is 0 Å². The summed E-state index contributed by atoms with van der Waals surface area (Å²) in [6, 6.07) is 21.6. The Kier molecular flexibility index (Phi) is 7.40. The molecule has 0 bridgehead atoms. The molecule has 0 aromatic heterocycles. The van der Waals surface area contributed by atoms with Crippen LogP contribution in [-0.4, -0.2) is 12.3 Å². The molecule has 1 aliphatic carbocycles. The van der Waals surface area contributed by atoms with Crippen LogP contribution in [0.15, 0.2) is 83.0 Å². The summed E-state index contributed by atoms with van der Waals surface area (Å²) in [7, 11) is 0. The predicted molar refractivity (Wildman–Crippen MR) is 129 cm³/mol. The Hall–Kier alpha value is -3.60. The molecule has 0 unspecified atom stereocenters. The van der Waals surface area contributed by atoms with Crippen molar-refractivity contribution in [3.05, 3.63) is 89.5 Å². The number of rotatable bonds is 7. The largest absolute Gasteiger partial charge is 0.423 e. The van der Waals surface area contributed by atoms with E-state index >= 15 is 0 Å². The van der Waals surface area contributed by atoms with Gasteiger partial charge in [0.25, 0.3) is 0 Å². The van der Waals surface area contributed by atoms with E-state index in [4.69, 9.17) is 4.74 Å². The van der Waals surface area contributed by atoms with Crippen LogP contribution < -0.4 is 4.74 Å². The van der Waals surface area contributed by atoms with Gasteiger partial charge in [0.2, 0.25) is 0 Å². The van der Waals surface area contributed by atoms with Gasteiger partial charge in [0.15, 0.2) is 0 Å². The van der Waals surface area contributed by atoms with Gasteiger partial charge in [-0.25, -0.2) is 4.79 Å². The van der Waals surface area contributed by atoms with Gasteiger partial charge in [-0.15, -0.1) is 0 Å². The van der Waals surface area contributed by atoms with Crippen molar-refractivity contribution in [1.29, 1.82) is 0 Å². The lowest BCUT2D eigenvalue weighted by atomic mass is 9.78. The van der Waals surface area contributed by atoms with Gasteiger partial charge in [-0.1, -0.05) is 25.5 Å². The highest BCUT2D eigenvalue weighted by molar-refractivity contribution is 5.91. The number of hydrogen-bond acceptors (Lipinski definition) is 5. The number of nitrogens with zero attached hydrogens (tertiary/aromatic N) is 2. The summed E-state index contributed by atoms with van der Waals surface area (Å²) in [6.07, 6.45) is 7.12. The number of hydrogen-bond donors (Lipinski definition) is 0. The Balaban J connectivity index is 1.32. The molecule has 0 amide bonds. The fraction of sp³-hybridized carbons (Fsp3) is 0.286. The fourth-order valence-electron chi connectivity index (χ4n) is 4.28. The summed E-state index contributed by atoms with van der Waals surface area (Å²) in [5, 5.41) is 8.32. The Morgan fingerprint density at radius 3 is 1.97 bits per heavy atom. The maximum Gasteiger partial charge on any atom is 0.343 e. The predicted octanol–water partition coefficient (Wildman–Crippen LogP) is 7.82. The molecule has 5 heteroatoms. The zero-order valence-corrected chi connectivity index (χ0v) is 18.8. The van der Waals surface area contributed by atoms with E-state index in [0.29, 0.717) is 34.2 Å². The van der Waals surface area contributed by atoms with Gasteiger partial charge in [-0.2, -0.15) is 10.2 Å². The molecule has 33 heavy (non-hydrogen) atoms. The van der Waals surface area contributed by atoms with Crippen LogP contribution in [0.4, 0.5) is 11.4 Å². The first-order chi connectivity index (χ1) is 16.1. The highest BCUT2D eigenvalue weighted by Crippen LogP contribution is 2.37. The average Bonchev–Trinajstić information content (AvgIpc) is 2.88. The minimum Gasteiger partial charge on any atom is -0.423 e. The van der Waals surface area contributed by atoms with Crippen molar-refractivity contribution in [2.45, 2.75) is 44.9 Å². The third-order valence-corrected chi connectivity index (χ3v) is 6.40. The lowest BCUT2D eigenvalue weighted by Crippen LogP contribution is -2.13. The third kappa shape index (κ3) is 6.01. The Morgan fingerprint density at radius 2 is 1.42 bits per heavy atom. The van der Waals surface area contributed by atoms with Crippen LogP contribution in [0.25, 0.3) is 0 Å². The van der Waals surface area contributed by atoms with Gasteiger partial charge >= 0.3 is 5.97 Å². The molecule has 0 N–H and O–H groups in total. The molecule has 1 aliphatic rings. The topological polar surface area (TPSA) is 68.1 Å². The molecule has 5 nitrogen and oxygen atoms in total. The van der Waals surface area contributed by atoms with E-state index in [9.17, 15) is 9.59 Å². The van der Waals surface area contributed by atoms with E-state index in [2.05, 4.69) is 29.3 Å². The summed E-state index contributed by atoms with van der Waals surface area (Å²) in [5.74, 6) is 1.55. The van der Waals surface area contributed by atoms with E-state index in [-0.39, 0.29) is 5.97 Å². The van der Waals surface area contributed by atoms with Crippen molar-refractivity contribution in [1.82, 2.24) is 0 Å². The van der Waals surface area contributed by atoms with Crippen LogP contribution in [-0.2, 0) is 0 Å². The third-order valence-electron chi connectivity index (χ3n) is 6.40. The smallest absolute Gasteiger partial charge is 0.343 e. The van der Waals surface area contributed by atoms with E-state index in [1.165, 1.54) is 37.7 Å². The molecule has 0 atom stereocenters. The summed E-state index contributed by atoms with van der Waals surface area (Å²) >= 11 is 0.